The Morgan fingerprint density at radius 3 is 2.68 bits per heavy atom. The lowest BCUT2D eigenvalue weighted by Crippen LogP contribution is -2.21. The quantitative estimate of drug-likeness (QED) is 0.449. The molecule has 0 aliphatic heterocycles. The number of aryl methyl sites for hydroxylation is 1. The summed E-state index contributed by atoms with van der Waals surface area (Å²) in [5.74, 6) is -1.69. The van der Waals surface area contributed by atoms with Crippen LogP contribution in [0.15, 0.2) is 18.3 Å². The number of carbonyl (C=O) groups excluding carboxylic acids is 3. The Morgan fingerprint density at radius 2 is 1.96 bits per heavy atom. The number of hydrogen-bond donors (Lipinski definition) is 1. The van der Waals surface area contributed by atoms with Crippen LogP contribution in [-0.4, -0.2) is 36.5 Å². The average molecular weight is 423 g/mol. The molecule has 1 aliphatic rings. The van der Waals surface area contributed by atoms with Crippen molar-refractivity contribution in [3.63, 3.8) is 0 Å². The number of carbonyl (C=O) groups is 3. The van der Waals surface area contributed by atoms with E-state index in [0.29, 0.717) is 10.6 Å². The van der Waals surface area contributed by atoms with Gasteiger partial charge in [0.25, 0.3) is 5.91 Å². The smallest absolute Gasteiger partial charge is 0.341 e. The van der Waals surface area contributed by atoms with Crippen molar-refractivity contribution in [1.82, 2.24) is 4.98 Å². The Morgan fingerprint density at radius 1 is 1.18 bits per heavy atom. The first-order valence-corrected chi connectivity index (χ1v) is 10.0. The predicted molar refractivity (Wildman–Crippen MR) is 105 cm³/mol. The van der Waals surface area contributed by atoms with Crippen LogP contribution in [-0.2, 0) is 27.1 Å². The lowest BCUT2D eigenvalue weighted by Gasteiger charge is -2.08. The zero-order chi connectivity index (χ0) is 20.1. The number of halogens is 1. The van der Waals surface area contributed by atoms with Crippen molar-refractivity contribution in [2.75, 3.05) is 19.0 Å². The van der Waals surface area contributed by atoms with Gasteiger partial charge >= 0.3 is 11.9 Å². The van der Waals surface area contributed by atoms with Gasteiger partial charge in [-0.15, -0.1) is 11.3 Å². The van der Waals surface area contributed by atoms with Gasteiger partial charge in [0.1, 0.15) is 10.2 Å². The predicted octanol–water partition coefficient (Wildman–Crippen LogP) is 3.65. The second-order valence-electron chi connectivity index (χ2n) is 6.25. The fourth-order valence-corrected chi connectivity index (χ4v) is 4.43. The molecule has 2 aromatic heterocycles. The SMILES string of the molecule is COC(=O)c1c(NC(=O)COC(=O)c2ccc(Cl)nc2)sc2c1CCCCC2. The van der Waals surface area contributed by atoms with E-state index in [2.05, 4.69) is 10.3 Å². The van der Waals surface area contributed by atoms with Crippen molar-refractivity contribution < 1.29 is 23.9 Å². The molecule has 2 aromatic rings. The van der Waals surface area contributed by atoms with Crippen molar-refractivity contribution in [2.45, 2.75) is 32.1 Å². The molecule has 0 atom stereocenters. The van der Waals surface area contributed by atoms with Crippen LogP contribution < -0.4 is 5.32 Å². The number of amides is 1. The first kappa shape index (κ1) is 20.3. The van der Waals surface area contributed by atoms with Crippen LogP contribution in [0.5, 0.6) is 0 Å². The van der Waals surface area contributed by atoms with Gasteiger partial charge in [0.05, 0.1) is 18.2 Å². The molecule has 3 rings (SSSR count). The minimum atomic E-state index is -0.686. The van der Waals surface area contributed by atoms with Crippen molar-refractivity contribution in [3.8, 4) is 0 Å². The van der Waals surface area contributed by atoms with E-state index >= 15 is 0 Å². The summed E-state index contributed by atoms with van der Waals surface area (Å²) >= 11 is 7.06. The van der Waals surface area contributed by atoms with Crippen LogP contribution in [0, 0.1) is 0 Å². The summed E-state index contributed by atoms with van der Waals surface area (Å²) in [5.41, 5.74) is 1.55. The van der Waals surface area contributed by atoms with Crippen LogP contribution >= 0.6 is 22.9 Å². The number of pyridine rings is 1. The molecule has 0 aromatic carbocycles. The number of thiophene rings is 1. The molecule has 0 unspecified atom stereocenters. The number of fused-ring (bicyclic) bond motifs is 1. The lowest BCUT2D eigenvalue weighted by molar-refractivity contribution is -0.119. The van der Waals surface area contributed by atoms with Crippen LogP contribution in [0.1, 0.15) is 50.4 Å². The fraction of sp³-hybridized carbons (Fsp3) is 0.368. The standard InChI is InChI=1S/C19H19ClN2O5S/c1-26-19(25)16-12-5-3-2-4-6-13(12)28-17(16)22-15(23)10-27-18(24)11-7-8-14(20)21-9-11/h7-9H,2-6,10H2,1H3,(H,22,23). The first-order valence-electron chi connectivity index (χ1n) is 8.81. The maximum absolute atomic E-state index is 12.3. The molecular weight excluding hydrogens is 404 g/mol. The molecule has 7 nitrogen and oxygen atoms in total. The lowest BCUT2D eigenvalue weighted by atomic mass is 10.1. The Balaban J connectivity index is 1.69. The van der Waals surface area contributed by atoms with E-state index in [9.17, 15) is 14.4 Å². The second kappa shape index (κ2) is 9.16. The fourth-order valence-electron chi connectivity index (χ4n) is 3.02. The van der Waals surface area contributed by atoms with Crippen molar-refractivity contribution in [2.24, 2.45) is 0 Å². The van der Waals surface area contributed by atoms with Gasteiger partial charge in [0.2, 0.25) is 0 Å². The van der Waals surface area contributed by atoms with E-state index in [1.807, 2.05) is 0 Å². The summed E-state index contributed by atoms with van der Waals surface area (Å²) in [6.45, 7) is -0.482. The van der Waals surface area contributed by atoms with Gasteiger partial charge in [-0.2, -0.15) is 0 Å². The zero-order valence-corrected chi connectivity index (χ0v) is 16.8. The summed E-state index contributed by atoms with van der Waals surface area (Å²) < 4.78 is 9.91. The summed E-state index contributed by atoms with van der Waals surface area (Å²) in [6.07, 6.45) is 6.08. The van der Waals surface area contributed by atoms with E-state index in [0.717, 1.165) is 42.5 Å². The third-order valence-electron chi connectivity index (χ3n) is 4.36. The number of esters is 2. The zero-order valence-electron chi connectivity index (χ0n) is 15.2. The molecule has 0 radical (unpaired) electrons. The number of methoxy groups -OCH3 is 1. The van der Waals surface area contributed by atoms with Gasteiger partial charge < -0.3 is 14.8 Å². The number of aromatic nitrogens is 1. The molecule has 0 saturated carbocycles. The minimum absolute atomic E-state index is 0.190. The highest BCUT2D eigenvalue weighted by molar-refractivity contribution is 7.17. The molecule has 1 N–H and O–H groups in total. The molecule has 9 heteroatoms. The minimum Gasteiger partial charge on any atom is -0.465 e. The van der Waals surface area contributed by atoms with Crippen LogP contribution in [0.3, 0.4) is 0 Å². The van der Waals surface area contributed by atoms with E-state index in [1.54, 1.807) is 0 Å². The third-order valence-corrected chi connectivity index (χ3v) is 5.79. The number of ether oxygens (including phenoxy) is 2. The molecule has 28 heavy (non-hydrogen) atoms. The van der Waals surface area contributed by atoms with Crippen LogP contribution in [0.4, 0.5) is 5.00 Å². The summed E-state index contributed by atoms with van der Waals surface area (Å²) in [7, 11) is 1.32. The van der Waals surface area contributed by atoms with Gasteiger partial charge in [0.15, 0.2) is 6.61 Å². The van der Waals surface area contributed by atoms with E-state index in [4.69, 9.17) is 21.1 Å². The maximum Gasteiger partial charge on any atom is 0.341 e. The Kier molecular flexibility index (Phi) is 6.64. The highest BCUT2D eigenvalue weighted by atomic mass is 35.5. The summed E-state index contributed by atoms with van der Waals surface area (Å²) in [6, 6.07) is 2.92. The second-order valence-corrected chi connectivity index (χ2v) is 7.75. The molecule has 0 bridgehead atoms. The number of nitrogens with zero attached hydrogens (tertiary/aromatic N) is 1. The number of anilines is 1. The van der Waals surface area contributed by atoms with Crippen molar-refractivity contribution in [1.29, 1.82) is 0 Å². The maximum atomic E-state index is 12.3. The highest BCUT2D eigenvalue weighted by Gasteiger charge is 2.26. The van der Waals surface area contributed by atoms with Crippen LogP contribution in [0.2, 0.25) is 5.15 Å². The summed E-state index contributed by atoms with van der Waals surface area (Å²) in [4.78, 5) is 41.4. The number of nitrogens with one attached hydrogen (secondary N) is 1. The Labute approximate surface area is 171 Å². The van der Waals surface area contributed by atoms with E-state index in [1.165, 1.54) is 36.8 Å². The van der Waals surface area contributed by atoms with Crippen LogP contribution in [0.25, 0.3) is 0 Å². The monoisotopic (exact) mass is 422 g/mol. The largest absolute Gasteiger partial charge is 0.465 e. The van der Waals surface area contributed by atoms with E-state index in [-0.39, 0.29) is 10.7 Å². The van der Waals surface area contributed by atoms with Crippen molar-refractivity contribution >= 4 is 45.8 Å². The van der Waals surface area contributed by atoms with Gasteiger partial charge in [-0.25, -0.2) is 14.6 Å². The van der Waals surface area contributed by atoms with Gasteiger partial charge in [-0.3, -0.25) is 4.79 Å². The molecule has 1 aliphatic carbocycles. The number of rotatable bonds is 5. The molecule has 0 spiro atoms. The topological polar surface area (TPSA) is 94.6 Å². The molecule has 0 saturated heterocycles. The number of hydrogen-bond acceptors (Lipinski definition) is 7. The van der Waals surface area contributed by atoms with Gasteiger partial charge in [-0.1, -0.05) is 18.0 Å². The molecular formula is C19H19ClN2O5S. The molecule has 148 valence electrons. The molecule has 1 amide bonds. The van der Waals surface area contributed by atoms with Gasteiger partial charge in [0, 0.05) is 11.1 Å². The first-order chi connectivity index (χ1) is 13.5. The Hall–Kier alpha value is -2.45. The van der Waals surface area contributed by atoms with E-state index < -0.39 is 24.5 Å². The van der Waals surface area contributed by atoms with Gasteiger partial charge in [-0.05, 0) is 43.4 Å². The Bertz CT molecular complexity index is 894. The average Bonchev–Trinajstić information content (AvgIpc) is 2.86. The normalized spacial score (nSPS) is 13.2. The molecule has 2 heterocycles. The highest BCUT2D eigenvalue weighted by Crippen LogP contribution is 2.37. The molecule has 0 fully saturated rings. The van der Waals surface area contributed by atoms with Crippen molar-refractivity contribution in [3.05, 3.63) is 45.1 Å². The third kappa shape index (κ3) is 4.69. The summed E-state index contributed by atoms with van der Waals surface area (Å²) in [5, 5.41) is 3.37.